The molecule has 0 aliphatic carbocycles. The Morgan fingerprint density at radius 3 is 2.41 bits per heavy atom. The number of nitrogens with one attached hydrogen (secondary N) is 1. The standard InChI is InChI=1S/C17H14F3N3O4/c1-9-7-10(3-6-13(9)23(26)27)17(25)22(2)8-14(24)21-12-5-4-11(18)15(19)16(12)20/h3-7H,8H2,1-2H3,(H,21,24). The topological polar surface area (TPSA) is 92.6 Å². The lowest BCUT2D eigenvalue weighted by Crippen LogP contribution is -2.35. The molecular weight excluding hydrogens is 367 g/mol. The van der Waals surface area contributed by atoms with E-state index in [0.717, 1.165) is 11.0 Å². The van der Waals surface area contributed by atoms with Gasteiger partial charge in [-0.2, -0.15) is 0 Å². The van der Waals surface area contributed by atoms with E-state index in [0.29, 0.717) is 6.07 Å². The van der Waals surface area contributed by atoms with E-state index < -0.39 is 46.4 Å². The number of benzene rings is 2. The summed E-state index contributed by atoms with van der Waals surface area (Å²) >= 11 is 0. The zero-order chi connectivity index (χ0) is 20.3. The van der Waals surface area contributed by atoms with Gasteiger partial charge in [-0.05, 0) is 31.2 Å². The van der Waals surface area contributed by atoms with Crippen molar-refractivity contribution in [2.75, 3.05) is 18.9 Å². The molecule has 0 atom stereocenters. The second kappa shape index (κ2) is 7.85. The Hall–Kier alpha value is -3.43. The Morgan fingerprint density at radius 2 is 1.81 bits per heavy atom. The Bertz CT molecular complexity index is 934. The smallest absolute Gasteiger partial charge is 0.272 e. The van der Waals surface area contributed by atoms with Crippen LogP contribution in [-0.4, -0.2) is 35.2 Å². The van der Waals surface area contributed by atoms with E-state index in [1.54, 1.807) is 0 Å². The molecule has 0 radical (unpaired) electrons. The van der Waals surface area contributed by atoms with Crippen molar-refractivity contribution in [1.82, 2.24) is 4.90 Å². The lowest BCUT2D eigenvalue weighted by Gasteiger charge is -2.17. The molecule has 27 heavy (non-hydrogen) atoms. The zero-order valence-electron chi connectivity index (χ0n) is 14.3. The predicted molar refractivity (Wildman–Crippen MR) is 89.7 cm³/mol. The third-order valence-electron chi connectivity index (χ3n) is 3.68. The van der Waals surface area contributed by atoms with Crippen LogP contribution in [0.1, 0.15) is 15.9 Å². The summed E-state index contributed by atoms with van der Waals surface area (Å²) in [5.74, 6) is -6.11. The molecule has 2 aromatic carbocycles. The molecule has 0 saturated heterocycles. The van der Waals surface area contributed by atoms with Crippen molar-refractivity contribution in [3.63, 3.8) is 0 Å². The minimum absolute atomic E-state index is 0.118. The van der Waals surface area contributed by atoms with E-state index in [1.807, 2.05) is 5.32 Å². The van der Waals surface area contributed by atoms with Crippen molar-refractivity contribution in [1.29, 1.82) is 0 Å². The van der Waals surface area contributed by atoms with Crippen LogP contribution in [0.15, 0.2) is 30.3 Å². The number of nitro groups is 1. The maximum absolute atomic E-state index is 13.6. The van der Waals surface area contributed by atoms with Crippen molar-refractivity contribution < 1.29 is 27.7 Å². The van der Waals surface area contributed by atoms with Gasteiger partial charge in [-0.3, -0.25) is 19.7 Å². The van der Waals surface area contributed by atoms with Crippen molar-refractivity contribution in [3.05, 3.63) is 69.0 Å². The molecule has 10 heteroatoms. The summed E-state index contributed by atoms with van der Waals surface area (Å²) < 4.78 is 39.6. The van der Waals surface area contributed by atoms with Gasteiger partial charge in [0, 0.05) is 24.2 Å². The Balaban J connectivity index is 2.08. The number of amides is 2. The molecule has 2 rings (SSSR count). The number of nitrogens with zero attached hydrogens (tertiary/aromatic N) is 2. The highest BCUT2D eigenvalue weighted by atomic mass is 19.2. The Morgan fingerprint density at radius 1 is 1.15 bits per heavy atom. The molecule has 0 heterocycles. The summed E-state index contributed by atoms with van der Waals surface area (Å²) in [4.78, 5) is 35.5. The second-order valence-corrected chi connectivity index (χ2v) is 5.69. The highest BCUT2D eigenvalue weighted by molar-refractivity contribution is 5.99. The fourth-order valence-corrected chi connectivity index (χ4v) is 2.31. The first kappa shape index (κ1) is 19.9. The molecule has 2 amide bonds. The minimum Gasteiger partial charge on any atom is -0.332 e. The third kappa shape index (κ3) is 4.40. The number of anilines is 1. The van der Waals surface area contributed by atoms with Crippen molar-refractivity contribution >= 4 is 23.2 Å². The molecule has 1 N–H and O–H groups in total. The summed E-state index contributed by atoms with van der Waals surface area (Å²) in [5.41, 5.74) is -0.327. The van der Waals surface area contributed by atoms with Gasteiger partial charge in [0.25, 0.3) is 11.6 Å². The number of aryl methyl sites for hydroxylation is 1. The third-order valence-corrected chi connectivity index (χ3v) is 3.68. The van der Waals surface area contributed by atoms with Crippen LogP contribution < -0.4 is 5.32 Å². The lowest BCUT2D eigenvalue weighted by atomic mass is 10.1. The first-order valence-corrected chi connectivity index (χ1v) is 7.55. The molecule has 0 aliphatic rings. The largest absolute Gasteiger partial charge is 0.332 e. The first-order chi connectivity index (χ1) is 12.6. The van der Waals surface area contributed by atoms with Gasteiger partial charge in [0.2, 0.25) is 5.91 Å². The SMILES string of the molecule is Cc1cc(C(=O)N(C)CC(=O)Nc2ccc(F)c(F)c2F)ccc1[N+](=O)[O-]. The molecule has 0 unspecified atom stereocenters. The summed E-state index contributed by atoms with van der Waals surface area (Å²) in [6, 6.07) is 5.24. The molecule has 0 aliphatic heterocycles. The van der Waals surface area contributed by atoms with E-state index in [-0.39, 0.29) is 16.8 Å². The first-order valence-electron chi connectivity index (χ1n) is 7.55. The molecule has 2 aromatic rings. The maximum Gasteiger partial charge on any atom is 0.272 e. The van der Waals surface area contributed by atoms with Gasteiger partial charge in [0.05, 0.1) is 17.2 Å². The minimum atomic E-state index is -1.72. The number of nitro benzene ring substituents is 1. The van der Waals surface area contributed by atoms with Crippen LogP contribution in [0, 0.1) is 34.5 Å². The number of likely N-dealkylation sites (N-methyl/N-ethyl adjacent to an activating group) is 1. The fourth-order valence-electron chi connectivity index (χ4n) is 2.31. The zero-order valence-corrected chi connectivity index (χ0v) is 14.3. The summed E-state index contributed by atoms with van der Waals surface area (Å²) in [6.07, 6.45) is 0. The van der Waals surface area contributed by atoms with E-state index in [9.17, 15) is 32.9 Å². The molecule has 0 saturated carbocycles. The Kier molecular flexibility index (Phi) is 5.78. The fraction of sp³-hybridized carbons (Fsp3) is 0.176. The van der Waals surface area contributed by atoms with Gasteiger partial charge in [0.15, 0.2) is 17.5 Å². The van der Waals surface area contributed by atoms with Crippen LogP contribution in [-0.2, 0) is 4.79 Å². The van der Waals surface area contributed by atoms with Gasteiger partial charge in [-0.15, -0.1) is 0 Å². The van der Waals surface area contributed by atoms with Crippen LogP contribution in [0.4, 0.5) is 24.5 Å². The van der Waals surface area contributed by atoms with Gasteiger partial charge in [0.1, 0.15) is 0 Å². The predicted octanol–water partition coefficient (Wildman–Crippen LogP) is 3.03. The number of halogens is 3. The quantitative estimate of drug-likeness (QED) is 0.490. The highest BCUT2D eigenvalue weighted by Crippen LogP contribution is 2.21. The number of hydrogen-bond acceptors (Lipinski definition) is 4. The van der Waals surface area contributed by atoms with Crippen LogP contribution in [0.25, 0.3) is 0 Å². The van der Waals surface area contributed by atoms with Crippen molar-refractivity contribution in [2.24, 2.45) is 0 Å². The van der Waals surface area contributed by atoms with Gasteiger partial charge in [-0.25, -0.2) is 13.2 Å². The van der Waals surface area contributed by atoms with Gasteiger partial charge >= 0.3 is 0 Å². The summed E-state index contributed by atoms with van der Waals surface area (Å²) in [6.45, 7) is 0.959. The molecule has 7 nitrogen and oxygen atoms in total. The highest BCUT2D eigenvalue weighted by Gasteiger charge is 2.20. The van der Waals surface area contributed by atoms with E-state index >= 15 is 0 Å². The maximum atomic E-state index is 13.6. The lowest BCUT2D eigenvalue weighted by molar-refractivity contribution is -0.385. The summed E-state index contributed by atoms with van der Waals surface area (Å²) in [5, 5.41) is 12.9. The number of rotatable bonds is 5. The molecular formula is C17H14F3N3O4. The molecule has 0 fully saturated rings. The van der Waals surface area contributed by atoms with Crippen LogP contribution in [0.3, 0.4) is 0 Å². The van der Waals surface area contributed by atoms with Gasteiger partial charge < -0.3 is 10.2 Å². The number of carbonyl (C=O) groups is 2. The average molecular weight is 381 g/mol. The molecule has 142 valence electrons. The normalized spacial score (nSPS) is 10.4. The summed E-state index contributed by atoms with van der Waals surface area (Å²) in [7, 11) is 1.29. The number of hydrogen-bond donors (Lipinski definition) is 1. The van der Waals surface area contributed by atoms with E-state index in [2.05, 4.69) is 0 Å². The number of carbonyl (C=O) groups excluding carboxylic acids is 2. The second-order valence-electron chi connectivity index (χ2n) is 5.69. The van der Waals surface area contributed by atoms with Crippen LogP contribution in [0.5, 0.6) is 0 Å². The molecule has 0 bridgehead atoms. The van der Waals surface area contributed by atoms with Crippen LogP contribution in [0.2, 0.25) is 0 Å². The molecule has 0 aromatic heterocycles. The van der Waals surface area contributed by atoms with Gasteiger partial charge in [-0.1, -0.05) is 0 Å². The average Bonchev–Trinajstić information content (AvgIpc) is 2.61. The van der Waals surface area contributed by atoms with Crippen LogP contribution >= 0.6 is 0 Å². The monoisotopic (exact) mass is 381 g/mol. The van der Waals surface area contributed by atoms with E-state index in [1.165, 1.54) is 32.2 Å². The van der Waals surface area contributed by atoms with Crippen molar-refractivity contribution in [2.45, 2.75) is 6.92 Å². The van der Waals surface area contributed by atoms with Crippen molar-refractivity contribution in [3.8, 4) is 0 Å². The van der Waals surface area contributed by atoms with E-state index in [4.69, 9.17) is 0 Å². The Labute approximate surface area is 151 Å². The molecule has 0 spiro atoms.